The zero-order valence-corrected chi connectivity index (χ0v) is 33.1. The van der Waals surface area contributed by atoms with Gasteiger partial charge in [0.05, 0.1) is 5.41 Å². The third-order valence-corrected chi connectivity index (χ3v) is 12.8. The molecule has 0 heterocycles. The quantitative estimate of drug-likeness (QED) is 0.0684. The second-order valence-electron chi connectivity index (χ2n) is 16.5. The lowest BCUT2D eigenvalue weighted by Crippen LogP contribution is -2.29. The van der Waals surface area contributed by atoms with Crippen molar-refractivity contribution in [3.8, 4) is 22.3 Å². The molecule has 2 aliphatic rings. The number of carbonyl (C=O) groups is 1. The molecule has 0 bridgehead atoms. The fourth-order valence-electron chi connectivity index (χ4n) is 10.0. The molecule has 0 fully saturated rings. The highest BCUT2D eigenvalue weighted by Gasteiger charge is 2.50. The predicted octanol–water partition coefficient (Wildman–Crippen LogP) is 14.6. The standard InChI is InChI=1S/C52H60O/c1-6-8-10-12-14-16-30-51(31-17-15-13-11-9-7-2)47-32-38(4)20-28-43(47)45-35-50-46(34-48(45)51)44-29-21-39(5)33-49(44)52(50,41-24-18-37(3)19-25-41)42-26-22-40(36-53)23-27-42/h18-29,32-36H,6-17,30-31H2,1-5H3. The molecule has 0 spiro atoms. The van der Waals surface area contributed by atoms with E-state index in [1.165, 1.54) is 151 Å². The van der Waals surface area contributed by atoms with E-state index in [0.717, 1.165) is 6.29 Å². The van der Waals surface area contributed by atoms with E-state index in [2.05, 4.69) is 120 Å². The van der Waals surface area contributed by atoms with Crippen LogP contribution in [0.3, 0.4) is 0 Å². The number of rotatable bonds is 17. The first kappa shape index (κ1) is 37.1. The molecular formula is C52H60O. The summed E-state index contributed by atoms with van der Waals surface area (Å²) < 4.78 is 0. The predicted molar refractivity (Wildman–Crippen MR) is 226 cm³/mol. The number of aryl methyl sites for hydroxylation is 3. The van der Waals surface area contributed by atoms with E-state index in [4.69, 9.17) is 0 Å². The van der Waals surface area contributed by atoms with Gasteiger partial charge in [-0.05, 0) is 101 Å². The number of aldehydes is 1. The van der Waals surface area contributed by atoms with Crippen molar-refractivity contribution in [3.63, 3.8) is 0 Å². The first-order chi connectivity index (χ1) is 25.9. The van der Waals surface area contributed by atoms with E-state index in [1.807, 2.05) is 12.1 Å². The first-order valence-electron chi connectivity index (χ1n) is 20.9. The van der Waals surface area contributed by atoms with Crippen LogP contribution in [0.2, 0.25) is 0 Å². The van der Waals surface area contributed by atoms with Gasteiger partial charge in [0.25, 0.3) is 0 Å². The van der Waals surface area contributed by atoms with E-state index in [-0.39, 0.29) is 5.41 Å². The van der Waals surface area contributed by atoms with Crippen LogP contribution in [-0.2, 0) is 10.8 Å². The Labute approximate surface area is 320 Å². The summed E-state index contributed by atoms with van der Waals surface area (Å²) in [5, 5.41) is 0. The lowest BCUT2D eigenvalue weighted by molar-refractivity contribution is 0.112. The number of unbranched alkanes of at least 4 members (excludes halogenated alkanes) is 10. The Kier molecular flexibility index (Phi) is 11.2. The molecule has 0 aliphatic heterocycles. The Bertz CT molecular complexity index is 2030. The Morgan fingerprint density at radius 2 is 0.849 bits per heavy atom. The summed E-state index contributed by atoms with van der Waals surface area (Å²) >= 11 is 0. The number of carbonyl (C=O) groups excluding carboxylic acids is 1. The molecular weight excluding hydrogens is 641 g/mol. The zero-order valence-electron chi connectivity index (χ0n) is 33.1. The highest BCUT2D eigenvalue weighted by Crippen LogP contribution is 2.62. The molecule has 0 N–H and O–H groups in total. The topological polar surface area (TPSA) is 17.1 Å². The molecule has 53 heavy (non-hydrogen) atoms. The third kappa shape index (κ3) is 6.75. The van der Waals surface area contributed by atoms with Gasteiger partial charge >= 0.3 is 0 Å². The minimum absolute atomic E-state index is 0.0206. The molecule has 0 saturated heterocycles. The summed E-state index contributed by atoms with van der Waals surface area (Å²) in [5.74, 6) is 0. The maximum atomic E-state index is 11.9. The Balaban J connectivity index is 1.46. The van der Waals surface area contributed by atoms with Crippen molar-refractivity contribution in [2.75, 3.05) is 0 Å². The summed E-state index contributed by atoms with van der Waals surface area (Å²) in [6.07, 6.45) is 19.2. The van der Waals surface area contributed by atoms with Crippen LogP contribution in [0.15, 0.2) is 97.1 Å². The van der Waals surface area contributed by atoms with E-state index in [1.54, 1.807) is 11.1 Å². The summed E-state index contributed by atoms with van der Waals surface area (Å²) in [6, 6.07) is 37.4. The van der Waals surface area contributed by atoms with Crippen LogP contribution < -0.4 is 0 Å². The van der Waals surface area contributed by atoms with Crippen molar-refractivity contribution in [2.24, 2.45) is 0 Å². The molecule has 5 aromatic carbocycles. The Hall–Kier alpha value is -4.23. The van der Waals surface area contributed by atoms with Gasteiger partial charge in [0.1, 0.15) is 6.29 Å². The normalized spacial score (nSPS) is 16.2. The highest BCUT2D eigenvalue weighted by atomic mass is 16.1. The highest BCUT2D eigenvalue weighted by molar-refractivity contribution is 5.93. The fraction of sp³-hybridized carbons (Fsp3) is 0.404. The molecule has 2 aliphatic carbocycles. The lowest BCUT2D eigenvalue weighted by Gasteiger charge is -2.35. The number of fused-ring (bicyclic) bond motifs is 6. The molecule has 0 saturated carbocycles. The van der Waals surface area contributed by atoms with Gasteiger partial charge in [0, 0.05) is 11.0 Å². The summed E-state index contributed by atoms with van der Waals surface area (Å²) in [6.45, 7) is 11.3. The molecule has 1 heteroatoms. The van der Waals surface area contributed by atoms with E-state index < -0.39 is 5.41 Å². The van der Waals surface area contributed by atoms with Crippen molar-refractivity contribution < 1.29 is 4.79 Å². The second-order valence-corrected chi connectivity index (χ2v) is 16.5. The number of hydrogen-bond donors (Lipinski definition) is 0. The van der Waals surface area contributed by atoms with Gasteiger partial charge in [-0.1, -0.05) is 193 Å². The molecule has 0 radical (unpaired) electrons. The minimum Gasteiger partial charge on any atom is -0.298 e. The van der Waals surface area contributed by atoms with Crippen molar-refractivity contribution in [1.29, 1.82) is 0 Å². The zero-order chi connectivity index (χ0) is 37.0. The van der Waals surface area contributed by atoms with Gasteiger partial charge < -0.3 is 0 Å². The van der Waals surface area contributed by atoms with Crippen LogP contribution in [0, 0.1) is 20.8 Å². The van der Waals surface area contributed by atoms with Gasteiger partial charge in [0.15, 0.2) is 0 Å². The Morgan fingerprint density at radius 1 is 0.434 bits per heavy atom. The molecule has 5 aromatic rings. The minimum atomic E-state index is -0.504. The SMILES string of the molecule is CCCCCCCCC1(CCCCCCCC)c2cc(C)ccc2-c2cc3c(cc21)-c1ccc(C)cc1C3(c1ccc(C)cc1)c1ccc(C=O)cc1. The van der Waals surface area contributed by atoms with Crippen LogP contribution in [-0.4, -0.2) is 6.29 Å². The van der Waals surface area contributed by atoms with Crippen LogP contribution >= 0.6 is 0 Å². The lowest BCUT2D eigenvalue weighted by atomic mass is 9.66. The Morgan fingerprint density at radius 3 is 1.42 bits per heavy atom. The van der Waals surface area contributed by atoms with Crippen LogP contribution in [0.5, 0.6) is 0 Å². The molecule has 7 rings (SSSR count). The van der Waals surface area contributed by atoms with Crippen LogP contribution in [0.4, 0.5) is 0 Å². The maximum absolute atomic E-state index is 11.9. The molecule has 1 nitrogen and oxygen atoms in total. The first-order valence-corrected chi connectivity index (χ1v) is 20.9. The summed E-state index contributed by atoms with van der Waals surface area (Å²) in [5.41, 5.74) is 18.0. The monoisotopic (exact) mass is 700 g/mol. The van der Waals surface area contributed by atoms with Crippen LogP contribution in [0.1, 0.15) is 164 Å². The molecule has 1 atom stereocenters. The van der Waals surface area contributed by atoms with Crippen LogP contribution in [0.25, 0.3) is 22.3 Å². The summed E-state index contributed by atoms with van der Waals surface area (Å²) in [7, 11) is 0. The average molecular weight is 701 g/mol. The third-order valence-electron chi connectivity index (χ3n) is 12.8. The summed E-state index contributed by atoms with van der Waals surface area (Å²) in [4.78, 5) is 11.9. The molecule has 1 unspecified atom stereocenters. The largest absolute Gasteiger partial charge is 0.298 e. The smallest absolute Gasteiger partial charge is 0.150 e. The van der Waals surface area contributed by atoms with Gasteiger partial charge in [-0.15, -0.1) is 0 Å². The van der Waals surface area contributed by atoms with Crippen molar-refractivity contribution >= 4 is 6.29 Å². The van der Waals surface area contributed by atoms with E-state index in [0.29, 0.717) is 5.56 Å². The number of benzene rings is 5. The molecule has 0 aromatic heterocycles. The molecule has 0 amide bonds. The van der Waals surface area contributed by atoms with E-state index >= 15 is 0 Å². The second kappa shape index (κ2) is 16.0. The fourth-order valence-corrected chi connectivity index (χ4v) is 10.0. The maximum Gasteiger partial charge on any atom is 0.150 e. The van der Waals surface area contributed by atoms with Gasteiger partial charge in [0.2, 0.25) is 0 Å². The van der Waals surface area contributed by atoms with E-state index in [9.17, 15) is 4.79 Å². The van der Waals surface area contributed by atoms with Crippen molar-refractivity contribution in [1.82, 2.24) is 0 Å². The average Bonchev–Trinajstić information content (AvgIpc) is 3.59. The number of hydrogen-bond acceptors (Lipinski definition) is 1. The van der Waals surface area contributed by atoms with Crippen molar-refractivity contribution in [2.45, 2.75) is 135 Å². The van der Waals surface area contributed by atoms with Gasteiger partial charge in [-0.3, -0.25) is 4.79 Å². The van der Waals surface area contributed by atoms with Crippen molar-refractivity contribution in [3.05, 3.63) is 153 Å². The van der Waals surface area contributed by atoms with Gasteiger partial charge in [-0.2, -0.15) is 0 Å². The molecule has 274 valence electrons. The van der Waals surface area contributed by atoms with Gasteiger partial charge in [-0.25, -0.2) is 0 Å².